The zero-order valence-corrected chi connectivity index (χ0v) is 8.29. The summed E-state index contributed by atoms with van der Waals surface area (Å²) in [5, 5.41) is 3.93. The highest BCUT2D eigenvalue weighted by molar-refractivity contribution is 5.94. The van der Waals surface area contributed by atoms with Crippen molar-refractivity contribution in [3.63, 3.8) is 0 Å². The van der Waals surface area contributed by atoms with Gasteiger partial charge in [0.25, 0.3) is 11.5 Å². The van der Waals surface area contributed by atoms with E-state index in [0.29, 0.717) is 11.3 Å². The van der Waals surface area contributed by atoms with E-state index in [1.807, 2.05) is 5.43 Å². The zero-order chi connectivity index (χ0) is 10.9. The molecule has 0 spiro atoms. The number of nitrogens with zero attached hydrogens (tertiary/aromatic N) is 2. The van der Waals surface area contributed by atoms with Gasteiger partial charge in [0.1, 0.15) is 5.56 Å². The number of nitrogen functional groups attached to an aromatic ring is 1. The predicted molar refractivity (Wildman–Crippen MR) is 50.6 cm³/mol. The van der Waals surface area contributed by atoms with Crippen LogP contribution in [-0.2, 0) is 7.05 Å². The van der Waals surface area contributed by atoms with Gasteiger partial charge in [-0.25, -0.2) is 10.5 Å². The Kier molecular flexibility index (Phi) is 2.66. The molecule has 6 heteroatoms. The molecule has 1 aromatic rings. The molecule has 0 bridgehead atoms. The summed E-state index contributed by atoms with van der Waals surface area (Å²) < 4.78 is 1.12. The van der Waals surface area contributed by atoms with E-state index in [4.69, 9.17) is 5.84 Å². The molecule has 0 saturated carbocycles. The standard InChI is InChI=1S/C8H12N4O2/c1-4-5(2)11-12(3)8(14)6(4)7(13)10-9/h9H2,1-3H3,(H,10,13). The SMILES string of the molecule is Cc1nn(C)c(=O)c(C(=O)NN)c1C. The van der Waals surface area contributed by atoms with Gasteiger partial charge in [0.05, 0.1) is 5.69 Å². The highest BCUT2D eigenvalue weighted by atomic mass is 16.2. The van der Waals surface area contributed by atoms with Crippen molar-refractivity contribution in [2.45, 2.75) is 13.8 Å². The monoisotopic (exact) mass is 196 g/mol. The van der Waals surface area contributed by atoms with E-state index in [1.165, 1.54) is 7.05 Å². The van der Waals surface area contributed by atoms with Crippen LogP contribution >= 0.6 is 0 Å². The average Bonchev–Trinajstić information content (AvgIpc) is 2.15. The smallest absolute Gasteiger partial charge is 0.279 e. The fourth-order valence-electron chi connectivity index (χ4n) is 1.19. The number of aromatic nitrogens is 2. The fourth-order valence-corrected chi connectivity index (χ4v) is 1.19. The first-order valence-electron chi connectivity index (χ1n) is 4.04. The van der Waals surface area contributed by atoms with E-state index in [1.54, 1.807) is 13.8 Å². The number of aryl methyl sites for hydroxylation is 2. The van der Waals surface area contributed by atoms with Gasteiger partial charge in [0, 0.05) is 7.05 Å². The Hall–Kier alpha value is -1.69. The quantitative estimate of drug-likeness (QED) is 0.342. The van der Waals surface area contributed by atoms with E-state index in [-0.39, 0.29) is 5.56 Å². The number of hydrogen-bond acceptors (Lipinski definition) is 4. The van der Waals surface area contributed by atoms with E-state index >= 15 is 0 Å². The van der Waals surface area contributed by atoms with Crippen LogP contribution in [0.25, 0.3) is 0 Å². The van der Waals surface area contributed by atoms with Crippen LogP contribution in [-0.4, -0.2) is 15.7 Å². The van der Waals surface area contributed by atoms with Crippen molar-refractivity contribution in [1.29, 1.82) is 0 Å². The second-order valence-corrected chi connectivity index (χ2v) is 2.99. The number of hydrazine groups is 1. The second-order valence-electron chi connectivity index (χ2n) is 2.99. The maximum Gasteiger partial charge on any atom is 0.279 e. The van der Waals surface area contributed by atoms with Gasteiger partial charge in [0.2, 0.25) is 0 Å². The third kappa shape index (κ3) is 1.51. The van der Waals surface area contributed by atoms with Gasteiger partial charge in [-0.1, -0.05) is 0 Å². The van der Waals surface area contributed by atoms with Crippen molar-refractivity contribution in [1.82, 2.24) is 15.2 Å². The van der Waals surface area contributed by atoms with Crippen LogP contribution in [0.4, 0.5) is 0 Å². The van der Waals surface area contributed by atoms with Crippen LogP contribution < -0.4 is 16.8 Å². The van der Waals surface area contributed by atoms with Gasteiger partial charge in [-0.15, -0.1) is 0 Å². The lowest BCUT2D eigenvalue weighted by atomic mass is 10.1. The summed E-state index contributed by atoms with van der Waals surface area (Å²) in [6, 6.07) is 0. The molecule has 0 aromatic carbocycles. The zero-order valence-electron chi connectivity index (χ0n) is 8.29. The highest BCUT2D eigenvalue weighted by Gasteiger charge is 2.16. The Morgan fingerprint density at radius 2 is 2.07 bits per heavy atom. The summed E-state index contributed by atoms with van der Waals surface area (Å²) >= 11 is 0. The molecule has 0 aliphatic rings. The van der Waals surface area contributed by atoms with Crippen LogP contribution in [0.1, 0.15) is 21.6 Å². The average molecular weight is 196 g/mol. The van der Waals surface area contributed by atoms with Crippen LogP contribution in [0.15, 0.2) is 4.79 Å². The molecule has 3 N–H and O–H groups in total. The maximum atomic E-state index is 11.5. The van der Waals surface area contributed by atoms with Gasteiger partial charge in [-0.2, -0.15) is 5.10 Å². The van der Waals surface area contributed by atoms with Crippen molar-refractivity contribution in [2.75, 3.05) is 0 Å². The summed E-state index contributed by atoms with van der Waals surface area (Å²) in [4.78, 5) is 22.8. The molecule has 6 nitrogen and oxygen atoms in total. The maximum absolute atomic E-state index is 11.5. The number of nitrogens with one attached hydrogen (secondary N) is 1. The minimum absolute atomic E-state index is 0.0440. The summed E-state index contributed by atoms with van der Waals surface area (Å²) in [5.74, 6) is 4.38. The largest absolute Gasteiger partial charge is 0.290 e. The van der Waals surface area contributed by atoms with Gasteiger partial charge < -0.3 is 0 Å². The van der Waals surface area contributed by atoms with Gasteiger partial charge in [-0.3, -0.25) is 15.0 Å². The van der Waals surface area contributed by atoms with Crippen molar-refractivity contribution < 1.29 is 4.79 Å². The summed E-state index contributed by atoms with van der Waals surface area (Å²) in [5.41, 5.74) is 2.72. The summed E-state index contributed by atoms with van der Waals surface area (Å²) in [6.07, 6.45) is 0. The third-order valence-electron chi connectivity index (χ3n) is 2.08. The molecule has 14 heavy (non-hydrogen) atoms. The van der Waals surface area contributed by atoms with Crippen LogP contribution in [0, 0.1) is 13.8 Å². The molecular weight excluding hydrogens is 184 g/mol. The molecule has 0 aliphatic carbocycles. The first-order valence-corrected chi connectivity index (χ1v) is 4.04. The molecule has 1 aromatic heterocycles. The fraction of sp³-hybridized carbons (Fsp3) is 0.375. The number of nitrogens with two attached hydrogens (primary N) is 1. The van der Waals surface area contributed by atoms with Crippen LogP contribution in [0.5, 0.6) is 0 Å². The molecule has 76 valence electrons. The topological polar surface area (TPSA) is 90.0 Å². The van der Waals surface area contributed by atoms with Crippen molar-refractivity contribution in [3.8, 4) is 0 Å². The molecule has 0 atom stereocenters. The van der Waals surface area contributed by atoms with Gasteiger partial charge in [-0.05, 0) is 19.4 Å². The molecule has 0 fully saturated rings. The van der Waals surface area contributed by atoms with Crippen molar-refractivity contribution in [2.24, 2.45) is 12.9 Å². The molecule has 0 radical (unpaired) electrons. The molecule has 0 aliphatic heterocycles. The van der Waals surface area contributed by atoms with E-state index in [2.05, 4.69) is 5.10 Å². The lowest BCUT2D eigenvalue weighted by Gasteiger charge is -2.07. The molecule has 1 amide bonds. The molecular formula is C8H12N4O2. The molecule has 0 saturated heterocycles. The van der Waals surface area contributed by atoms with Crippen LogP contribution in [0.3, 0.4) is 0 Å². The number of rotatable bonds is 1. The van der Waals surface area contributed by atoms with Gasteiger partial charge >= 0.3 is 0 Å². The highest BCUT2D eigenvalue weighted by Crippen LogP contribution is 2.04. The normalized spacial score (nSPS) is 10.0. The van der Waals surface area contributed by atoms with E-state index in [0.717, 1.165) is 4.68 Å². The van der Waals surface area contributed by atoms with Gasteiger partial charge in [0.15, 0.2) is 0 Å². The Balaban J connectivity index is 3.56. The Bertz CT molecular complexity index is 436. The summed E-state index contributed by atoms with van der Waals surface area (Å²) in [6.45, 7) is 3.39. The molecule has 1 heterocycles. The first-order chi connectivity index (χ1) is 6.49. The molecule has 0 unspecified atom stereocenters. The lowest BCUT2D eigenvalue weighted by Crippen LogP contribution is -2.38. The first kappa shape index (κ1) is 10.4. The van der Waals surface area contributed by atoms with Crippen molar-refractivity contribution in [3.05, 3.63) is 27.2 Å². The van der Waals surface area contributed by atoms with E-state index < -0.39 is 11.5 Å². The Morgan fingerprint density at radius 1 is 1.50 bits per heavy atom. The number of hydrogen-bond donors (Lipinski definition) is 2. The molecule has 1 rings (SSSR count). The summed E-state index contributed by atoms with van der Waals surface area (Å²) in [7, 11) is 1.49. The Labute approximate surface area is 80.7 Å². The number of amides is 1. The number of carbonyl (C=O) groups excluding carboxylic acids is 1. The minimum Gasteiger partial charge on any atom is -0.290 e. The van der Waals surface area contributed by atoms with E-state index in [9.17, 15) is 9.59 Å². The lowest BCUT2D eigenvalue weighted by molar-refractivity contribution is 0.0950. The third-order valence-corrected chi connectivity index (χ3v) is 2.08. The number of carbonyl (C=O) groups is 1. The predicted octanol–water partition coefficient (Wildman–Crippen LogP) is -0.999. The van der Waals surface area contributed by atoms with Crippen molar-refractivity contribution >= 4 is 5.91 Å². The minimum atomic E-state index is -0.589. The Morgan fingerprint density at radius 3 is 2.57 bits per heavy atom. The van der Waals surface area contributed by atoms with Crippen LogP contribution in [0.2, 0.25) is 0 Å². The second kappa shape index (κ2) is 3.59.